The predicted octanol–water partition coefficient (Wildman–Crippen LogP) is 4.02. The fourth-order valence-electron chi connectivity index (χ4n) is 3.69. The van der Waals surface area contributed by atoms with Gasteiger partial charge in [0.1, 0.15) is 0 Å². The summed E-state index contributed by atoms with van der Waals surface area (Å²) in [5, 5.41) is 14.8. The van der Waals surface area contributed by atoms with Crippen LogP contribution < -0.4 is 9.47 Å². The summed E-state index contributed by atoms with van der Waals surface area (Å²) in [4.78, 5) is 20.8. The molecule has 7 heteroatoms. The molecule has 0 aromatic heterocycles. The van der Waals surface area contributed by atoms with E-state index in [-0.39, 0.29) is 0 Å². The SMILES string of the molecule is C/C=C/c1ccc(OCCCCN2CC(C)CC(C)C2)c(OC)c1.O=C(O)C(=O)O. The summed E-state index contributed by atoms with van der Waals surface area (Å²) in [5.74, 6) is -0.324. The van der Waals surface area contributed by atoms with Gasteiger partial charge in [-0.3, -0.25) is 0 Å². The van der Waals surface area contributed by atoms with Gasteiger partial charge in [0.2, 0.25) is 0 Å². The van der Waals surface area contributed by atoms with Crippen molar-refractivity contribution >= 4 is 18.0 Å². The largest absolute Gasteiger partial charge is 0.493 e. The van der Waals surface area contributed by atoms with Gasteiger partial charge in [0.05, 0.1) is 13.7 Å². The van der Waals surface area contributed by atoms with Crippen molar-refractivity contribution in [3.05, 3.63) is 29.8 Å². The Morgan fingerprint density at radius 2 is 1.73 bits per heavy atom. The second kappa shape index (κ2) is 13.6. The van der Waals surface area contributed by atoms with Gasteiger partial charge < -0.3 is 24.6 Å². The van der Waals surface area contributed by atoms with E-state index in [0.29, 0.717) is 0 Å². The van der Waals surface area contributed by atoms with Crippen molar-refractivity contribution < 1.29 is 29.3 Å². The first kappa shape index (κ1) is 25.5. The second-order valence-corrected chi connectivity index (χ2v) is 7.78. The smallest absolute Gasteiger partial charge is 0.414 e. The van der Waals surface area contributed by atoms with Crippen LogP contribution >= 0.6 is 0 Å². The van der Waals surface area contributed by atoms with Crippen molar-refractivity contribution in [3.63, 3.8) is 0 Å². The van der Waals surface area contributed by atoms with Gasteiger partial charge in [0.15, 0.2) is 11.5 Å². The van der Waals surface area contributed by atoms with E-state index in [1.165, 1.54) is 32.5 Å². The minimum atomic E-state index is -1.82. The minimum absolute atomic E-state index is 0.748. The number of methoxy groups -OCH3 is 1. The number of piperidine rings is 1. The number of allylic oxidation sites excluding steroid dienone is 1. The number of ether oxygens (including phenoxy) is 2. The molecule has 7 nitrogen and oxygen atoms in total. The highest BCUT2D eigenvalue weighted by molar-refractivity contribution is 6.27. The Morgan fingerprint density at radius 1 is 1.10 bits per heavy atom. The maximum absolute atomic E-state index is 9.10. The molecule has 2 atom stereocenters. The molecule has 30 heavy (non-hydrogen) atoms. The van der Waals surface area contributed by atoms with Gasteiger partial charge in [-0.2, -0.15) is 0 Å². The highest BCUT2D eigenvalue weighted by Crippen LogP contribution is 2.29. The number of carbonyl (C=O) groups is 2. The molecule has 1 aliphatic heterocycles. The fourth-order valence-corrected chi connectivity index (χ4v) is 3.69. The molecule has 1 aliphatic rings. The van der Waals surface area contributed by atoms with E-state index in [2.05, 4.69) is 30.9 Å². The van der Waals surface area contributed by atoms with Crippen molar-refractivity contribution in [1.29, 1.82) is 0 Å². The van der Waals surface area contributed by atoms with Gasteiger partial charge in [-0.1, -0.05) is 32.1 Å². The van der Waals surface area contributed by atoms with Crippen molar-refractivity contribution in [3.8, 4) is 11.5 Å². The molecule has 2 unspecified atom stereocenters. The molecule has 0 saturated carbocycles. The molecule has 2 rings (SSSR count). The maximum atomic E-state index is 9.10. The lowest BCUT2D eigenvalue weighted by atomic mass is 9.92. The fraction of sp³-hybridized carbons (Fsp3) is 0.565. The van der Waals surface area contributed by atoms with Gasteiger partial charge in [0, 0.05) is 13.1 Å². The molecule has 0 bridgehead atoms. The number of unbranched alkanes of at least 4 members (excludes halogenated alkanes) is 1. The molecule has 1 fully saturated rings. The lowest BCUT2D eigenvalue weighted by molar-refractivity contribution is -0.159. The van der Waals surface area contributed by atoms with E-state index in [9.17, 15) is 0 Å². The average Bonchev–Trinajstić information content (AvgIpc) is 2.68. The second-order valence-electron chi connectivity index (χ2n) is 7.78. The van der Waals surface area contributed by atoms with Crippen LogP contribution in [0.5, 0.6) is 11.5 Å². The molecule has 168 valence electrons. The molecule has 0 radical (unpaired) electrons. The zero-order valence-corrected chi connectivity index (χ0v) is 18.5. The number of rotatable bonds is 8. The molecular weight excluding hydrogens is 386 g/mol. The van der Waals surface area contributed by atoms with E-state index in [0.717, 1.165) is 41.9 Å². The molecule has 1 aromatic rings. The molecule has 0 aliphatic carbocycles. The van der Waals surface area contributed by atoms with Crippen LogP contribution in [0, 0.1) is 11.8 Å². The number of aliphatic carboxylic acids is 2. The number of benzene rings is 1. The van der Waals surface area contributed by atoms with Crippen molar-refractivity contribution in [2.75, 3.05) is 33.4 Å². The van der Waals surface area contributed by atoms with Crippen LogP contribution in [0.25, 0.3) is 6.08 Å². The third-order valence-corrected chi connectivity index (χ3v) is 4.80. The van der Waals surface area contributed by atoms with Gasteiger partial charge >= 0.3 is 11.9 Å². The van der Waals surface area contributed by atoms with Crippen LogP contribution in [0.3, 0.4) is 0 Å². The van der Waals surface area contributed by atoms with Crippen LogP contribution in [0.1, 0.15) is 45.6 Å². The first-order valence-corrected chi connectivity index (χ1v) is 10.4. The van der Waals surface area contributed by atoms with E-state index in [4.69, 9.17) is 29.3 Å². The molecule has 1 saturated heterocycles. The van der Waals surface area contributed by atoms with Crippen molar-refractivity contribution in [2.45, 2.75) is 40.0 Å². The molecule has 0 amide bonds. The first-order chi connectivity index (χ1) is 14.3. The quantitative estimate of drug-likeness (QED) is 0.483. The summed E-state index contributed by atoms with van der Waals surface area (Å²) in [5.41, 5.74) is 1.13. The van der Waals surface area contributed by atoms with Crippen LogP contribution in [-0.2, 0) is 9.59 Å². The summed E-state index contributed by atoms with van der Waals surface area (Å²) in [6.07, 6.45) is 7.74. The molecule has 2 N–H and O–H groups in total. The number of hydrogen-bond acceptors (Lipinski definition) is 5. The Balaban J connectivity index is 0.000000656. The average molecular weight is 422 g/mol. The number of hydrogen-bond donors (Lipinski definition) is 2. The summed E-state index contributed by atoms with van der Waals surface area (Å²) in [6.45, 7) is 11.2. The predicted molar refractivity (Wildman–Crippen MR) is 117 cm³/mol. The Kier molecular flexibility index (Phi) is 11.6. The Hall–Kier alpha value is -2.54. The number of nitrogens with zero attached hydrogens (tertiary/aromatic N) is 1. The van der Waals surface area contributed by atoms with Gasteiger partial charge in [0.25, 0.3) is 0 Å². The number of carboxylic acids is 2. The summed E-state index contributed by atoms with van der Waals surface area (Å²) in [6, 6.07) is 6.09. The molecule has 1 aromatic carbocycles. The monoisotopic (exact) mass is 421 g/mol. The first-order valence-electron chi connectivity index (χ1n) is 10.4. The molecule has 1 heterocycles. The lowest BCUT2D eigenvalue weighted by Gasteiger charge is -2.34. The zero-order valence-electron chi connectivity index (χ0n) is 18.5. The van der Waals surface area contributed by atoms with E-state index in [1.54, 1.807) is 7.11 Å². The highest BCUT2D eigenvalue weighted by Gasteiger charge is 2.20. The van der Waals surface area contributed by atoms with Crippen LogP contribution in [0.2, 0.25) is 0 Å². The Bertz CT molecular complexity index is 681. The van der Waals surface area contributed by atoms with Crippen molar-refractivity contribution in [2.24, 2.45) is 11.8 Å². The lowest BCUT2D eigenvalue weighted by Crippen LogP contribution is -2.39. The Morgan fingerprint density at radius 3 is 2.27 bits per heavy atom. The number of carboxylic acid groups (broad SMARTS) is 2. The van der Waals surface area contributed by atoms with Gasteiger partial charge in [-0.25, -0.2) is 9.59 Å². The van der Waals surface area contributed by atoms with E-state index < -0.39 is 11.9 Å². The number of likely N-dealkylation sites (tertiary alicyclic amines) is 1. The zero-order chi connectivity index (χ0) is 22.5. The van der Waals surface area contributed by atoms with E-state index in [1.807, 2.05) is 25.1 Å². The van der Waals surface area contributed by atoms with E-state index >= 15 is 0 Å². The summed E-state index contributed by atoms with van der Waals surface area (Å²) in [7, 11) is 1.69. The van der Waals surface area contributed by atoms with Crippen molar-refractivity contribution in [1.82, 2.24) is 4.90 Å². The summed E-state index contributed by atoms with van der Waals surface area (Å²) < 4.78 is 11.4. The molecular formula is C23H35NO6. The normalized spacial score (nSPS) is 19.1. The third-order valence-electron chi connectivity index (χ3n) is 4.80. The molecule has 0 spiro atoms. The van der Waals surface area contributed by atoms with Gasteiger partial charge in [-0.15, -0.1) is 0 Å². The Labute approximate surface area is 179 Å². The van der Waals surface area contributed by atoms with Crippen LogP contribution in [-0.4, -0.2) is 60.4 Å². The summed E-state index contributed by atoms with van der Waals surface area (Å²) >= 11 is 0. The topological polar surface area (TPSA) is 96.3 Å². The minimum Gasteiger partial charge on any atom is -0.493 e. The highest BCUT2D eigenvalue weighted by atomic mass is 16.5. The van der Waals surface area contributed by atoms with Crippen LogP contribution in [0.15, 0.2) is 24.3 Å². The third kappa shape index (κ3) is 9.78. The van der Waals surface area contributed by atoms with Gasteiger partial charge in [-0.05, 0) is 62.3 Å². The maximum Gasteiger partial charge on any atom is 0.414 e. The van der Waals surface area contributed by atoms with Crippen LogP contribution in [0.4, 0.5) is 0 Å². The standard InChI is InChI=1S/C21H33NO2.C2H2O4/c1-5-8-19-9-10-20(21(14-19)23-4)24-12-7-6-11-22-15-17(2)13-18(3)16-22;3-1(4)2(5)6/h5,8-10,14,17-18H,6-7,11-13,15-16H2,1-4H3;(H,3,4)(H,5,6)/b8-5+;.